The summed E-state index contributed by atoms with van der Waals surface area (Å²) in [6.45, 7) is 3.84. The van der Waals surface area contributed by atoms with Gasteiger partial charge in [-0.25, -0.2) is 0 Å². The van der Waals surface area contributed by atoms with Crippen LogP contribution in [0.3, 0.4) is 0 Å². The molecule has 1 saturated carbocycles. The van der Waals surface area contributed by atoms with E-state index < -0.39 is 6.36 Å². The highest BCUT2D eigenvalue weighted by molar-refractivity contribution is 5.29. The molecule has 2 rings (SSSR count). The molecule has 130 valence electrons. The predicted octanol–water partition coefficient (Wildman–Crippen LogP) is 5.68. The molecule has 1 fully saturated rings. The van der Waals surface area contributed by atoms with Gasteiger partial charge in [-0.2, -0.15) is 0 Å². The van der Waals surface area contributed by atoms with E-state index in [0.717, 1.165) is 57.3 Å². The van der Waals surface area contributed by atoms with Crippen LogP contribution in [0.5, 0.6) is 5.75 Å². The number of rotatable bonds is 7. The highest BCUT2D eigenvalue weighted by Crippen LogP contribution is 2.36. The number of halogens is 3. The summed E-state index contributed by atoms with van der Waals surface area (Å²) < 4.78 is 46.1. The van der Waals surface area contributed by atoms with Crippen LogP contribution in [0.25, 0.3) is 0 Å². The Balaban J connectivity index is 1.76. The number of ether oxygens (including phenoxy) is 2. The van der Waals surface area contributed by atoms with E-state index in [9.17, 15) is 13.2 Å². The second-order valence-electron chi connectivity index (χ2n) is 6.26. The summed E-state index contributed by atoms with van der Waals surface area (Å²) in [7, 11) is 0. The third-order valence-electron chi connectivity index (χ3n) is 4.43. The van der Waals surface area contributed by atoms with Gasteiger partial charge >= 0.3 is 6.36 Å². The monoisotopic (exact) mass is 330 g/mol. The van der Waals surface area contributed by atoms with Crippen LogP contribution in [-0.2, 0) is 4.74 Å². The summed E-state index contributed by atoms with van der Waals surface area (Å²) in [5.74, 6) is 0.900. The first-order valence-electron chi connectivity index (χ1n) is 8.41. The van der Waals surface area contributed by atoms with Crippen LogP contribution in [0, 0.1) is 5.92 Å². The molecule has 2 nitrogen and oxygen atoms in total. The molecular weight excluding hydrogens is 305 g/mol. The SMILES string of the molecule is CCCCOCC1CCC(c2ccc(OC(F)(F)F)cc2)CC1. The maximum absolute atomic E-state index is 12.2. The number of benzene rings is 1. The lowest BCUT2D eigenvalue weighted by molar-refractivity contribution is -0.274. The van der Waals surface area contributed by atoms with Gasteiger partial charge < -0.3 is 9.47 Å². The first kappa shape index (κ1) is 18.1. The van der Waals surface area contributed by atoms with Crippen molar-refractivity contribution in [3.05, 3.63) is 29.8 Å². The molecule has 0 aromatic heterocycles. The van der Waals surface area contributed by atoms with Crippen LogP contribution in [0.4, 0.5) is 13.2 Å². The number of unbranched alkanes of at least 4 members (excludes halogenated alkanes) is 1. The molecule has 0 saturated heterocycles. The maximum atomic E-state index is 12.2. The van der Waals surface area contributed by atoms with Gasteiger partial charge in [0, 0.05) is 13.2 Å². The van der Waals surface area contributed by atoms with Gasteiger partial charge in [-0.3, -0.25) is 0 Å². The van der Waals surface area contributed by atoms with Crippen molar-refractivity contribution in [1.82, 2.24) is 0 Å². The number of hydrogen-bond donors (Lipinski definition) is 0. The smallest absolute Gasteiger partial charge is 0.406 e. The van der Waals surface area contributed by atoms with Crippen molar-refractivity contribution >= 4 is 0 Å². The Kier molecular flexibility index (Phi) is 6.75. The zero-order valence-corrected chi connectivity index (χ0v) is 13.6. The summed E-state index contributed by atoms with van der Waals surface area (Å²) >= 11 is 0. The Labute approximate surface area is 136 Å². The van der Waals surface area contributed by atoms with E-state index in [1.807, 2.05) is 0 Å². The lowest BCUT2D eigenvalue weighted by atomic mass is 9.79. The largest absolute Gasteiger partial charge is 0.573 e. The summed E-state index contributed by atoms with van der Waals surface area (Å²) in [5, 5.41) is 0. The average molecular weight is 330 g/mol. The first-order chi connectivity index (χ1) is 11.0. The molecule has 0 spiro atoms. The average Bonchev–Trinajstić information content (AvgIpc) is 2.52. The first-order valence-corrected chi connectivity index (χ1v) is 8.41. The fourth-order valence-corrected chi connectivity index (χ4v) is 3.10. The molecule has 5 heteroatoms. The predicted molar refractivity (Wildman–Crippen MR) is 83.6 cm³/mol. The van der Waals surface area contributed by atoms with Gasteiger partial charge in [0.2, 0.25) is 0 Å². The quantitative estimate of drug-likeness (QED) is 0.599. The van der Waals surface area contributed by atoms with E-state index in [1.54, 1.807) is 12.1 Å². The van der Waals surface area contributed by atoms with E-state index in [4.69, 9.17) is 4.74 Å². The van der Waals surface area contributed by atoms with E-state index in [2.05, 4.69) is 11.7 Å². The third kappa shape index (κ3) is 6.42. The minimum Gasteiger partial charge on any atom is -0.406 e. The molecule has 0 amide bonds. The fourth-order valence-electron chi connectivity index (χ4n) is 3.10. The Bertz CT molecular complexity index is 448. The lowest BCUT2D eigenvalue weighted by Gasteiger charge is -2.28. The zero-order chi connectivity index (χ0) is 16.7. The van der Waals surface area contributed by atoms with Crippen molar-refractivity contribution in [1.29, 1.82) is 0 Å². The molecule has 0 unspecified atom stereocenters. The summed E-state index contributed by atoms with van der Waals surface area (Å²) in [6.07, 6.45) is 2.03. The van der Waals surface area contributed by atoms with Gasteiger partial charge in [0.15, 0.2) is 0 Å². The van der Waals surface area contributed by atoms with Crippen molar-refractivity contribution in [2.75, 3.05) is 13.2 Å². The van der Waals surface area contributed by atoms with Crippen molar-refractivity contribution in [3.8, 4) is 5.75 Å². The molecule has 0 N–H and O–H groups in total. The van der Waals surface area contributed by atoms with E-state index in [-0.39, 0.29) is 5.75 Å². The van der Waals surface area contributed by atoms with Gasteiger partial charge in [0.05, 0.1) is 0 Å². The maximum Gasteiger partial charge on any atom is 0.573 e. The highest BCUT2D eigenvalue weighted by Gasteiger charge is 2.31. The van der Waals surface area contributed by atoms with Crippen molar-refractivity contribution in [3.63, 3.8) is 0 Å². The summed E-state index contributed by atoms with van der Waals surface area (Å²) in [5.41, 5.74) is 1.10. The molecule has 1 aromatic carbocycles. The minimum atomic E-state index is -4.63. The van der Waals surface area contributed by atoms with Crippen LogP contribution in [0.2, 0.25) is 0 Å². The van der Waals surface area contributed by atoms with Gasteiger partial charge in [0.1, 0.15) is 5.75 Å². The third-order valence-corrected chi connectivity index (χ3v) is 4.43. The van der Waals surface area contributed by atoms with Gasteiger partial charge in [-0.05, 0) is 61.6 Å². The van der Waals surface area contributed by atoms with Crippen LogP contribution in [0.15, 0.2) is 24.3 Å². The molecule has 0 radical (unpaired) electrons. The molecule has 1 aliphatic rings. The molecule has 0 aliphatic heterocycles. The molecule has 1 aliphatic carbocycles. The molecule has 0 atom stereocenters. The lowest BCUT2D eigenvalue weighted by Crippen LogP contribution is -2.18. The Morgan fingerprint density at radius 3 is 2.26 bits per heavy atom. The van der Waals surface area contributed by atoms with Crippen molar-refractivity contribution in [2.45, 2.75) is 57.7 Å². The van der Waals surface area contributed by atoms with Crippen molar-refractivity contribution < 1.29 is 22.6 Å². The van der Waals surface area contributed by atoms with Gasteiger partial charge in [0.25, 0.3) is 0 Å². The van der Waals surface area contributed by atoms with E-state index >= 15 is 0 Å². The standard InChI is InChI=1S/C18H25F3O2/c1-2-3-12-22-13-14-4-6-15(7-5-14)16-8-10-17(11-9-16)23-18(19,20)21/h8-11,14-15H,2-7,12-13H2,1H3. The van der Waals surface area contributed by atoms with Crippen LogP contribution < -0.4 is 4.74 Å². The van der Waals surface area contributed by atoms with E-state index in [1.165, 1.54) is 12.1 Å². The summed E-state index contributed by atoms with van der Waals surface area (Å²) in [4.78, 5) is 0. The zero-order valence-electron chi connectivity index (χ0n) is 13.6. The molecular formula is C18H25F3O2. The number of alkyl halides is 3. The van der Waals surface area contributed by atoms with Crippen LogP contribution in [0.1, 0.15) is 56.9 Å². The van der Waals surface area contributed by atoms with Crippen LogP contribution >= 0.6 is 0 Å². The van der Waals surface area contributed by atoms with Gasteiger partial charge in [-0.1, -0.05) is 25.5 Å². The molecule has 23 heavy (non-hydrogen) atoms. The summed E-state index contributed by atoms with van der Waals surface area (Å²) in [6, 6.07) is 6.32. The second-order valence-corrected chi connectivity index (χ2v) is 6.26. The van der Waals surface area contributed by atoms with Crippen LogP contribution in [-0.4, -0.2) is 19.6 Å². The normalized spacial score (nSPS) is 22.1. The minimum absolute atomic E-state index is 0.153. The Morgan fingerprint density at radius 2 is 1.70 bits per heavy atom. The molecule has 1 aromatic rings. The number of hydrogen-bond acceptors (Lipinski definition) is 2. The Hall–Kier alpha value is -1.23. The Morgan fingerprint density at radius 1 is 1.04 bits per heavy atom. The highest BCUT2D eigenvalue weighted by atomic mass is 19.4. The topological polar surface area (TPSA) is 18.5 Å². The van der Waals surface area contributed by atoms with E-state index in [0.29, 0.717) is 11.8 Å². The molecule has 0 bridgehead atoms. The second kappa shape index (κ2) is 8.57. The molecule has 0 heterocycles. The van der Waals surface area contributed by atoms with Gasteiger partial charge in [-0.15, -0.1) is 13.2 Å². The fraction of sp³-hybridized carbons (Fsp3) is 0.667. The van der Waals surface area contributed by atoms with Crippen molar-refractivity contribution in [2.24, 2.45) is 5.92 Å².